The Morgan fingerprint density at radius 3 is 2.35 bits per heavy atom. The SMILES string of the molecule is CC(=O)N(CC(=O)Nc1ccc(F)cc1)c1cc(C)ccc1C. The Labute approximate surface area is 134 Å². The van der Waals surface area contributed by atoms with Gasteiger partial charge >= 0.3 is 0 Å². The van der Waals surface area contributed by atoms with Gasteiger partial charge in [0.2, 0.25) is 11.8 Å². The van der Waals surface area contributed by atoms with Crippen LogP contribution in [-0.4, -0.2) is 18.4 Å². The maximum absolute atomic E-state index is 12.9. The van der Waals surface area contributed by atoms with Gasteiger partial charge in [-0.2, -0.15) is 0 Å². The monoisotopic (exact) mass is 314 g/mol. The standard InChI is InChI=1S/C18H19FN2O2/c1-12-4-5-13(2)17(10-12)21(14(3)22)11-18(23)20-16-8-6-15(19)7-9-16/h4-10H,11H2,1-3H3,(H,20,23). The third kappa shape index (κ3) is 4.39. The molecule has 2 aromatic rings. The molecule has 0 aliphatic rings. The van der Waals surface area contributed by atoms with Gasteiger partial charge in [0.15, 0.2) is 0 Å². The molecular weight excluding hydrogens is 295 g/mol. The van der Waals surface area contributed by atoms with Crippen molar-refractivity contribution in [3.63, 3.8) is 0 Å². The number of nitrogens with one attached hydrogen (secondary N) is 1. The van der Waals surface area contributed by atoms with Crippen LogP contribution in [0.3, 0.4) is 0 Å². The Bertz CT molecular complexity index is 726. The van der Waals surface area contributed by atoms with Gasteiger partial charge in [-0.15, -0.1) is 0 Å². The zero-order chi connectivity index (χ0) is 17.0. The molecule has 0 spiro atoms. The van der Waals surface area contributed by atoms with E-state index in [9.17, 15) is 14.0 Å². The van der Waals surface area contributed by atoms with Gasteiger partial charge in [-0.3, -0.25) is 9.59 Å². The lowest BCUT2D eigenvalue weighted by molar-refractivity contribution is -0.120. The van der Waals surface area contributed by atoms with Gasteiger partial charge in [0.25, 0.3) is 0 Å². The first kappa shape index (κ1) is 16.7. The first-order valence-electron chi connectivity index (χ1n) is 7.27. The number of rotatable bonds is 4. The molecule has 0 radical (unpaired) electrons. The summed E-state index contributed by atoms with van der Waals surface area (Å²) in [6, 6.07) is 11.2. The fourth-order valence-corrected chi connectivity index (χ4v) is 2.25. The lowest BCUT2D eigenvalue weighted by Gasteiger charge is -2.23. The van der Waals surface area contributed by atoms with Gasteiger partial charge in [0.1, 0.15) is 12.4 Å². The smallest absolute Gasteiger partial charge is 0.244 e. The van der Waals surface area contributed by atoms with E-state index in [-0.39, 0.29) is 24.2 Å². The summed E-state index contributed by atoms with van der Waals surface area (Å²) in [5.74, 6) is -0.926. The summed E-state index contributed by atoms with van der Waals surface area (Å²) < 4.78 is 12.9. The third-order valence-corrected chi connectivity index (χ3v) is 3.47. The van der Waals surface area contributed by atoms with Crippen molar-refractivity contribution < 1.29 is 14.0 Å². The normalized spacial score (nSPS) is 10.3. The zero-order valence-electron chi connectivity index (χ0n) is 13.4. The van der Waals surface area contributed by atoms with Crippen molar-refractivity contribution >= 4 is 23.2 Å². The van der Waals surface area contributed by atoms with Crippen molar-refractivity contribution in [2.75, 3.05) is 16.8 Å². The Kier molecular flexibility index (Phi) is 5.11. The maximum Gasteiger partial charge on any atom is 0.244 e. The van der Waals surface area contributed by atoms with Crippen molar-refractivity contribution in [1.82, 2.24) is 0 Å². The van der Waals surface area contributed by atoms with Crippen LogP contribution >= 0.6 is 0 Å². The molecule has 0 atom stereocenters. The zero-order valence-corrected chi connectivity index (χ0v) is 13.4. The molecule has 0 unspecified atom stereocenters. The number of anilines is 2. The Balaban J connectivity index is 2.16. The number of amides is 2. The third-order valence-electron chi connectivity index (χ3n) is 3.47. The molecule has 120 valence electrons. The number of benzene rings is 2. The number of carbonyl (C=O) groups is 2. The van der Waals surface area contributed by atoms with Crippen molar-refractivity contribution in [3.05, 3.63) is 59.4 Å². The van der Waals surface area contributed by atoms with E-state index in [0.717, 1.165) is 11.1 Å². The summed E-state index contributed by atoms with van der Waals surface area (Å²) in [5.41, 5.74) is 3.13. The van der Waals surface area contributed by atoms with Crippen LogP contribution < -0.4 is 10.2 Å². The highest BCUT2D eigenvalue weighted by Crippen LogP contribution is 2.22. The van der Waals surface area contributed by atoms with Gasteiger partial charge in [-0.05, 0) is 55.3 Å². The molecule has 5 heteroatoms. The number of halogens is 1. The van der Waals surface area contributed by atoms with Crippen LogP contribution in [0.1, 0.15) is 18.1 Å². The molecule has 0 heterocycles. The molecule has 1 N–H and O–H groups in total. The summed E-state index contributed by atoms with van der Waals surface area (Å²) in [6.45, 7) is 5.15. The van der Waals surface area contributed by atoms with Crippen LogP contribution in [0.15, 0.2) is 42.5 Å². The van der Waals surface area contributed by atoms with Crippen molar-refractivity contribution in [2.24, 2.45) is 0 Å². The molecular formula is C18H19FN2O2. The summed E-state index contributed by atoms with van der Waals surface area (Å²) in [4.78, 5) is 25.6. The Morgan fingerprint density at radius 2 is 1.74 bits per heavy atom. The van der Waals surface area contributed by atoms with E-state index in [4.69, 9.17) is 0 Å². The van der Waals surface area contributed by atoms with E-state index in [1.54, 1.807) is 0 Å². The molecule has 2 rings (SSSR count). The van der Waals surface area contributed by atoms with E-state index in [2.05, 4.69) is 5.32 Å². The lowest BCUT2D eigenvalue weighted by atomic mass is 10.1. The average Bonchev–Trinajstić information content (AvgIpc) is 2.49. The summed E-state index contributed by atoms with van der Waals surface area (Å²) in [6.07, 6.45) is 0. The Morgan fingerprint density at radius 1 is 1.09 bits per heavy atom. The average molecular weight is 314 g/mol. The second-order valence-electron chi connectivity index (χ2n) is 5.45. The van der Waals surface area contributed by atoms with Crippen molar-refractivity contribution in [3.8, 4) is 0 Å². The molecule has 0 saturated carbocycles. The molecule has 0 saturated heterocycles. The Hall–Kier alpha value is -2.69. The molecule has 2 amide bonds. The minimum atomic E-state index is -0.372. The van der Waals surface area contributed by atoms with Crippen molar-refractivity contribution in [1.29, 1.82) is 0 Å². The lowest BCUT2D eigenvalue weighted by Crippen LogP contribution is -2.37. The predicted molar refractivity (Wildman–Crippen MR) is 89.0 cm³/mol. The second-order valence-corrected chi connectivity index (χ2v) is 5.45. The van der Waals surface area contributed by atoms with Crippen LogP contribution in [0.25, 0.3) is 0 Å². The summed E-state index contributed by atoms with van der Waals surface area (Å²) in [5, 5.41) is 2.66. The largest absolute Gasteiger partial charge is 0.325 e. The molecule has 0 bridgehead atoms. The number of aryl methyl sites for hydroxylation is 2. The molecule has 4 nitrogen and oxygen atoms in total. The molecule has 23 heavy (non-hydrogen) atoms. The van der Waals surface area contributed by atoms with Gasteiger partial charge in [0, 0.05) is 18.3 Å². The van der Waals surface area contributed by atoms with Gasteiger partial charge < -0.3 is 10.2 Å². The number of hydrogen-bond acceptors (Lipinski definition) is 2. The highest BCUT2D eigenvalue weighted by atomic mass is 19.1. The highest BCUT2D eigenvalue weighted by Gasteiger charge is 2.17. The first-order valence-corrected chi connectivity index (χ1v) is 7.27. The van der Waals surface area contributed by atoms with E-state index < -0.39 is 0 Å². The van der Waals surface area contributed by atoms with Crippen LogP contribution in [0.2, 0.25) is 0 Å². The van der Waals surface area contributed by atoms with E-state index in [1.165, 1.54) is 36.1 Å². The van der Waals surface area contributed by atoms with Gasteiger partial charge in [0.05, 0.1) is 0 Å². The predicted octanol–water partition coefficient (Wildman–Crippen LogP) is 3.43. The molecule has 0 aliphatic heterocycles. The summed E-state index contributed by atoms with van der Waals surface area (Å²) >= 11 is 0. The van der Waals surface area contributed by atoms with E-state index in [0.29, 0.717) is 11.4 Å². The van der Waals surface area contributed by atoms with Crippen LogP contribution in [0.4, 0.5) is 15.8 Å². The summed E-state index contributed by atoms with van der Waals surface area (Å²) in [7, 11) is 0. The van der Waals surface area contributed by atoms with Gasteiger partial charge in [-0.25, -0.2) is 4.39 Å². The highest BCUT2D eigenvalue weighted by molar-refractivity contribution is 6.02. The molecule has 0 fully saturated rings. The quantitative estimate of drug-likeness (QED) is 0.940. The minimum Gasteiger partial charge on any atom is -0.325 e. The van der Waals surface area contributed by atoms with Crippen molar-refractivity contribution in [2.45, 2.75) is 20.8 Å². The number of carbonyl (C=O) groups excluding carboxylic acids is 2. The fourth-order valence-electron chi connectivity index (χ4n) is 2.25. The second kappa shape index (κ2) is 7.05. The van der Waals surface area contributed by atoms with E-state index >= 15 is 0 Å². The molecule has 0 aliphatic carbocycles. The number of nitrogens with zero attached hydrogens (tertiary/aromatic N) is 1. The minimum absolute atomic E-state index is 0.100. The topological polar surface area (TPSA) is 49.4 Å². The van der Waals surface area contributed by atoms with Crippen LogP contribution in [0, 0.1) is 19.7 Å². The van der Waals surface area contributed by atoms with E-state index in [1.807, 2.05) is 32.0 Å². The molecule has 0 aromatic heterocycles. The fraction of sp³-hybridized carbons (Fsp3) is 0.222. The molecule has 2 aromatic carbocycles. The first-order chi connectivity index (χ1) is 10.9. The number of hydrogen-bond donors (Lipinski definition) is 1. The van der Waals surface area contributed by atoms with Gasteiger partial charge in [-0.1, -0.05) is 12.1 Å². The van der Waals surface area contributed by atoms with Crippen LogP contribution in [-0.2, 0) is 9.59 Å². The van der Waals surface area contributed by atoms with Crippen LogP contribution in [0.5, 0.6) is 0 Å². The maximum atomic E-state index is 12.9.